The molecule has 1 aliphatic heterocycles. The number of para-hydroxylation sites is 2. The van der Waals surface area contributed by atoms with Gasteiger partial charge in [0.25, 0.3) is 15.9 Å². The van der Waals surface area contributed by atoms with Crippen molar-refractivity contribution < 1.29 is 17.9 Å². The number of carbonyl (C=O) groups is 1. The molecule has 4 rings (SSSR count). The molecule has 1 amide bonds. The van der Waals surface area contributed by atoms with Crippen LogP contribution in [0.25, 0.3) is 0 Å². The number of hydrogen-bond acceptors (Lipinski definition) is 7. The van der Waals surface area contributed by atoms with E-state index < -0.39 is 10.0 Å². The number of benzene rings is 2. The fourth-order valence-electron chi connectivity index (χ4n) is 3.99. The molecule has 3 aromatic rings. The van der Waals surface area contributed by atoms with E-state index in [2.05, 4.69) is 15.8 Å². The Morgan fingerprint density at radius 3 is 2.54 bits per heavy atom. The predicted octanol–water partition coefficient (Wildman–Crippen LogP) is 3.03. The molecule has 1 aromatic heterocycles. The summed E-state index contributed by atoms with van der Waals surface area (Å²) in [5, 5.41) is 9.33. The molecule has 0 radical (unpaired) electrons. The minimum absolute atomic E-state index is 0.0278. The van der Waals surface area contributed by atoms with E-state index in [4.69, 9.17) is 4.74 Å². The van der Waals surface area contributed by atoms with Crippen LogP contribution in [-0.2, 0) is 10.0 Å². The molecular formula is C25H25N5O4S. The highest BCUT2D eigenvalue weighted by Crippen LogP contribution is 2.28. The molecular weight excluding hydrogens is 466 g/mol. The number of rotatable bonds is 6. The first-order valence-corrected chi connectivity index (χ1v) is 12.5. The van der Waals surface area contributed by atoms with E-state index in [-0.39, 0.29) is 10.8 Å². The van der Waals surface area contributed by atoms with Crippen LogP contribution in [-0.4, -0.2) is 57.5 Å². The summed E-state index contributed by atoms with van der Waals surface area (Å²) in [5.41, 5.74) is 1.62. The van der Waals surface area contributed by atoms with Crippen molar-refractivity contribution in [1.29, 1.82) is 5.26 Å². The zero-order valence-corrected chi connectivity index (χ0v) is 20.2. The molecule has 1 fully saturated rings. The van der Waals surface area contributed by atoms with Crippen molar-refractivity contribution >= 4 is 27.4 Å². The number of piperazine rings is 1. The van der Waals surface area contributed by atoms with E-state index in [1.54, 1.807) is 66.6 Å². The highest BCUT2D eigenvalue weighted by atomic mass is 32.2. The second kappa shape index (κ2) is 10.0. The van der Waals surface area contributed by atoms with Crippen molar-refractivity contribution in [1.82, 2.24) is 9.88 Å². The molecule has 2 aromatic carbocycles. The lowest BCUT2D eigenvalue weighted by Gasteiger charge is -2.35. The van der Waals surface area contributed by atoms with E-state index in [0.29, 0.717) is 60.1 Å². The van der Waals surface area contributed by atoms with Crippen LogP contribution in [0.15, 0.2) is 65.7 Å². The molecule has 0 bridgehead atoms. The second-order valence-electron chi connectivity index (χ2n) is 8.05. The minimum atomic E-state index is -3.96. The van der Waals surface area contributed by atoms with Crippen LogP contribution in [0.5, 0.6) is 5.75 Å². The SMILES string of the molecule is COc1ccccc1NS(=O)(=O)c1cc(C(=O)N2CCN(c3ncccc3C#N)CC2)ccc1C. The third-order valence-corrected chi connectivity index (χ3v) is 7.36. The largest absolute Gasteiger partial charge is 0.495 e. The van der Waals surface area contributed by atoms with E-state index in [9.17, 15) is 18.5 Å². The topological polar surface area (TPSA) is 116 Å². The van der Waals surface area contributed by atoms with E-state index in [0.717, 1.165) is 0 Å². The Hall–Kier alpha value is -4.10. The monoisotopic (exact) mass is 491 g/mol. The van der Waals surface area contributed by atoms with Gasteiger partial charge in [0.15, 0.2) is 0 Å². The van der Waals surface area contributed by atoms with Crippen LogP contribution in [0.4, 0.5) is 11.5 Å². The highest BCUT2D eigenvalue weighted by molar-refractivity contribution is 7.92. The van der Waals surface area contributed by atoms with Crippen LogP contribution in [0, 0.1) is 18.3 Å². The van der Waals surface area contributed by atoms with Crippen LogP contribution >= 0.6 is 0 Å². The zero-order valence-electron chi connectivity index (χ0n) is 19.4. The first-order chi connectivity index (χ1) is 16.8. The smallest absolute Gasteiger partial charge is 0.262 e. The maximum absolute atomic E-state index is 13.2. The van der Waals surface area contributed by atoms with Gasteiger partial charge in [0.05, 0.1) is 23.3 Å². The third-order valence-electron chi connectivity index (χ3n) is 5.85. The second-order valence-corrected chi connectivity index (χ2v) is 9.70. The Morgan fingerprint density at radius 2 is 1.83 bits per heavy atom. The Bertz CT molecular complexity index is 1390. The van der Waals surface area contributed by atoms with Gasteiger partial charge in [-0.05, 0) is 48.9 Å². The summed E-state index contributed by atoms with van der Waals surface area (Å²) in [5.74, 6) is 0.749. The predicted molar refractivity (Wildman–Crippen MR) is 132 cm³/mol. The lowest BCUT2D eigenvalue weighted by atomic mass is 10.1. The Kier molecular flexibility index (Phi) is 6.89. The summed E-state index contributed by atoms with van der Waals surface area (Å²) < 4.78 is 34.1. The van der Waals surface area contributed by atoms with Gasteiger partial charge in [0.2, 0.25) is 0 Å². The number of sulfonamides is 1. The lowest BCUT2D eigenvalue weighted by molar-refractivity contribution is 0.0746. The molecule has 10 heteroatoms. The number of aryl methyl sites for hydroxylation is 1. The Balaban J connectivity index is 1.52. The number of nitriles is 1. The summed E-state index contributed by atoms with van der Waals surface area (Å²) in [7, 11) is -2.50. The first-order valence-electron chi connectivity index (χ1n) is 11.0. The quantitative estimate of drug-likeness (QED) is 0.563. The van der Waals surface area contributed by atoms with Crippen molar-refractivity contribution in [3.05, 3.63) is 77.5 Å². The molecule has 9 nitrogen and oxygen atoms in total. The molecule has 1 saturated heterocycles. The van der Waals surface area contributed by atoms with Gasteiger partial charge >= 0.3 is 0 Å². The summed E-state index contributed by atoms with van der Waals surface area (Å²) in [4.78, 5) is 21.2. The summed E-state index contributed by atoms with van der Waals surface area (Å²) in [6, 6.07) is 17.0. The fourth-order valence-corrected chi connectivity index (χ4v) is 5.33. The molecule has 2 heterocycles. The molecule has 1 N–H and O–H groups in total. The Morgan fingerprint density at radius 1 is 1.09 bits per heavy atom. The Labute approximate surface area is 204 Å². The number of hydrogen-bond donors (Lipinski definition) is 1. The summed E-state index contributed by atoms with van der Waals surface area (Å²) >= 11 is 0. The van der Waals surface area contributed by atoms with Crippen molar-refractivity contribution in [2.75, 3.05) is 42.9 Å². The first kappa shape index (κ1) is 24.0. The van der Waals surface area contributed by atoms with E-state index >= 15 is 0 Å². The normalized spacial score (nSPS) is 13.7. The van der Waals surface area contributed by atoms with Gasteiger partial charge < -0.3 is 14.5 Å². The van der Waals surface area contributed by atoms with Crippen LogP contribution in [0.2, 0.25) is 0 Å². The lowest BCUT2D eigenvalue weighted by Crippen LogP contribution is -2.49. The number of carbonyl (C=O) groups excluding carboxylic acids is 1. The van der Waals surface area contributed by atoms with Crippen molar-refractivity contribution in [2.24, 2.45) is 0 Å². The van der Waals surface area contributed by atoms with Crippen LogP contribution in [0.3, 0.4) is 0 Å². The summed E-state index contributed by atoms with van der Waals surface area (Å²) in [6.07, 6.45) is 1.64. The van der Waals surface area contributed by atoms with Gasteiger partial charge in [-0.1, -0.05) is 18.2 Å². The van der Waals surface area contributed by atoms with E-state index in [1.165, 1.54) is 13.2 Å². The number of anilines is 2. The third kappa shape index (κ3) is 5.05. The molecule has 0 unspecified atom stereocenters. The van der Waals surface area contributed by atoms with Gasteiger partial charge in [-0.25, -0.2) is 13.4 Å². The molecule has 0 aliphatic carbocycles. The van der Waals surface area contributed by atoms with Gasteiger partial charge in [-0.15, -0.1) is 0 Å². The molecule has 0 atom stereocenters. The average Bonchev–Trinajstić information content (AvgIpc) is 2.88. The zero-order chi connectivity index (χ0) is 25.0. The number of pyridine rings is 1. The molecule has 1 aliphatic rings. The van der Waals surface area contributed by atoms with Crippen molar-refractivity contribution in [3.8, 4) is 11.8 Å². The number of amides is 1. The summed E-state index contributed by atoms with van der Waals surface area (Å²) in [6.45, 7) is 3.57. The van der Waals surface area contributed by atoms with Crippen LogP contribution < -0.4 is 14.4 Å². The fraction of sp³-hybridized carbons (Fsp3) is 0.240. The standard InChI is InChI=1S/C25H25N5O4S/c1-18-9-10-19(16-23(18)35(32,33)28-21-7-3-4-8-22(21)34-2)25(31)30-14-12-29(13-15-30)24-20(17-26)6-5-11-27-24/h3-11,16,28H,12-15H2,1-2H3. The number of methoxy groups -OCH3 is 1. The number of aromatic nitrogens is 1. The average molecular weight is 492 g/mol. The van der Waals surface area contributed by atoms with Crippen molar-refractivity contribution in [2.45, 2.75) is 11.8 Å². The number of nitrogens with one attached hydrogen (secondary N) is 1. The van der Waals surface area contributed by atoms with Gasteiger partial charge in [-0.2, -0.15) is 5.26 Å². The van der Waals surface area contributed by atoms with Crippen LogP contribution in [0.1, 0.15) is 21.5 Å². The molecule has 180 valence electrons. The number of nitrogens with zero attached hydrogens (tertiary/aromatic N) is 4. The molecule has 0 spiro atoms. The van der Waals surface area contributed by atoms with Gasteiger partial charge in [-0.3, -0.25) is 9.52 Å². The maximum atomic E-state index is 13.2. The number of ether oxygens (including phenoxy) is 1. The maximum Gasteiger partial charge on any atom is 0.262 e. The highest BCUT2D eigenvalue weighted by Gasteiger charge is 2.26. The van der Waals surface area contributed by atoms with Gasteiger partial charge in [0, 0.05) is 37.9 Å². The van der Waals surface area contributed by atoms with E-state index in [1.807, 2.05) is 4.90 Å². The molecule has 35 heavy (non-hydrogen) atoms. The van der Waals surface area contributed by atoms with Crippen molar-refractivity contribution in [3.63, 3.8) is 0 Å². The minimum Gasteiger partial charge on any atom is -0.495 e. The molecule has 0 saturated carbocycles. The van der Waals surface area contributed by atoms with Gasteiger partial charge in [0.1, 0.15) is 17.6 Å².